The topological polar surface area (TPSA) is 152 Å². The molecule has 8 nitrogen and oxygen atoms in total. The summed E-state index contributed by atoms with van der Waals surface area (Å²) in [7, 11) is 0. The first kappa shape index (κ1) is 18.1. The van der Waals surface area contributed by atoms with Gasteiger partial charge in [-0.15, -0.1) is 0 Å². The van der Waals surface area contributed by atoms with E-state index in [4.69, 9.17) is 4.42 Å². The maximum Gasteiger partial charge on any atom is 0.200 e. The summed E-state index contributed by atoms with van der Waals surface area (Å²) >= 11 is 0. The third kappa shape index (κ3) is 2.92. The molecule has 8 heteroatoms. The molecule has 4 aromatic rings. The lowest BCUT2D eigenvalue weighted by Crippen LogP contribution is -2.02. The number of benzene rings is 3. The summed E-state index contributed by atoms with van der Waals surface area (Å²) in [4.78, 5) is 12.7. The second-order valence-electron chi connectivity index (χ2n) is 6.38. The number of fused-ring (bicyclic) bond motifs is 1. The van der Waals surface area contributed by atoms with E-state index in [1.165, 1.54) is 24.3 Å². The lowest BCUT2D eigenvalue weighted by atomic mass is 10.00. The van der Waals surface area contributed by atoms with Crippen molar-refractivity contribution >= 4 is 11.0 Å². The summed E-state index contributed by atoms with van der Waals surface area (Å²) in [5.41, 5.74) is -0.184. The number of phenolic OH excluding ortho intramolecular Hbond substituents is 6. The van der Waals surface area contributed by atoms with Crippen LogP contribution in [-0.4, -0.2) is 30.6 Å². The first-order valence-electron chi connectivity index (χ1n) is 8.33. The molecule has 1 aromatic heterocycles. The second-order valence-corrected chi connectivity index (χ2v) is 6.38. The van der Waals surface area contributed by atoms with Crippen LogP contribution in [0.4, 0.5) is 0 Å². The van der Waals surface area contributed by atoms with E-state index < -0.39 is 28.4 Å². The monoisotopic (exact) mass is 394 g/mol. The summed E-state index contributed by atoms with van der Waals surface area (Å²) in [5.74, 6) is -2.92. The summed E-state index contributed by atoms with van der Waals surface area (Å²) in [6.45, 7) is 0. The fourth-order valence-electron chi connectivity index (χ4n) is 3.10. The van der Waals surface area contributed by atoms with Crippen molar-refractivity contribution in [1.29, 1.82) is 0 Å². The van der Waals surface area contributed by atoms with Gasteiger partial charge in [0.2, 0.25) is 0 Å². The van der Waals surface area contributed by atoms with Crippen molar-refractivity contribution in [2.75, 3.05) is 0 Å². The summed E-state index contributed by atoms with van der Waals surface area (Å²) in [6.07, 6.45) is 0. The van der Waals surface area contributed by atoms with E-state index in [-0.39, 0.29) is 39.4 Å². The minimum absolute atomic E-state index is 0.00601. The molecule has 0 atom stereocenters. The summed E-state index contributed by atoms with van der Waals surface area (Å²) in [5, 5.41) is 58.9. The van der Waals surface area contributed by atoms with E-state index >= 15 is 0 Å². The second kappa shape index (κ2) is 6.38. The van der Waals surface area contributed by atoms with Gasteiger partial charge in [0.15, 0.2) is 28.3 Å². The van der Waals surface area contributed by atoms with Crippen LogP contribution in [0.25, 0.3) is 33.4 Å². The van der Waals surface area contributed by atoms with Crippen LogP contribution in [0.5, 0.6) is 34.5 Å². The van der Waals surface area contributed by atoms with E-state index in [1.54, 1.807) is 0 Å². The van der Waals surface area contributed by atoms with Crippen LogP contribution in [0.2, 0.25) is 0 Å². The van der Waals surface area contributed by atoms with Gasteiger partial charge in [-0.2, -0.15) is 0 Å². The number of hydrogen-bond acceptors (Lipinski definition) is 8. The van der Waals surface area contributed by atoms with E-state index in [9.17, 15) is 35.4 Å². The van der Waals surface area contributed by atoms with Crippen LogP contribution in [-0.2, 0) is 0 Å². The average Bonchev–Trinajstić information content (AvgIpc) is 2.66. The van der Waals surface area contributed by atoms with Crippen LogP contribution in [0.1, 0.15) is 0 Å². The third-order valence-electron chi connectivity index (χ3n) is 4.47. The third-order valence-corrected chi connectivity index (χ3v) is 4.47. The van der Waals surface area contributed by atoms with E-state index in [0.717, 1.165) is 24.3 Å². The molecule has 146 valence electrons. The Labute approximate surface area is 162 Å². The first-order valence-corrected chi connectivity index (χ1v) is 8.33. The largest absolute Gasteiger partial charge is 0.508 e. The van der Waals surface area contributed by atoms with Gasteiger partial charge < -0.3 is 35.1 Å². The van der Waals surface area contributed by atoms with Crippen LogP contribution >= 0.6 is 0 Å². The molecule has 0 amide bonds. The summed E-state index contributed by atoms with van der Waals surface area (Å²) < 4.78 is 5.77. The standard InChI is InChI=1S/C21H14O8/c22-11-3-1-9(2-4-11)18-12(23)7-13(24)19-14(25)8-17(29-21(18)19)10-5-15(26)20(28)16(27)6-10/h1-8,22-24,26-28H. The summed E-state index contributed by atoms with van der Waals surface area (Å²) in [6, 6.07) is 9.98. The Morgan fingerprint density at radius 3 is 1.90 bits per heavy atom. The van der Waals surface area contributed by atoms with Gasteiger partial charge in [-0.25, -0.2) is 0 Å². The minimum Gasteiger partial charge on any atom is -0.508 e. The van der Waals surface area contributed by atoms with Gasteiger partial charge in [0.25, 0.3) is 0 Å². The predicted molar refractivity (Wildman–Crippen MR) is 103 cm³/mol. The van der Waals surface area contributed by atoms with Crippen molar-refractivity contribution in [3.63, 3.8) is 0 Å². The van der Waals surface area contributed by atoms with Crippen LogP contribution in [0.15, 0.2) is 57.7 Å². The number of phenols is 6. The highest BCUT2D eigenvalue weighted by Gasteiger charge is 2.20. The molecular formula is C21H14O8. The van der Waals surface area contributed by atoms with Crippen molar-refractivity contribution in [2.45, 2.75) is 0 Å². The Morgan fingerprint density at radius 1 is 0.655 bits per heavy atom. The van der Waals surface area contributed by atoms with Gasteiger partial charge in [0.1, 0.15) is 28.4 Å². The van der Waals surface area contributed by atoms with Gasteiger partial charge >= 0.3 is 0 Å². The lowest BCUT2D eigenvalue weighted by Gasteiger charge is -2.12. The Kier molecular flexibility index (Phi) is 3.97. The van der Waals surface area contributed by atoms with E-state index in [1.807, 2.05) is 0 Å². The van der Waals surface area contributed by atoms with Crippen molar-refractivity contribution in [1.82, 2.24) is 0 Å². The molecule has 0 saturated carbocycles. The van der Waals surface area contributed by atoms with Gasteiger partial charge in [-0.3, -0.25) is 4.79 Å². The molecule has 0 aliphatic rings. The van der Waals surface area contributed by atoms with Gasteiger partial charge in [0, 0.05) is 17.7 Å². The van der Waals surface area contributed by atoms with Crippen LogP contribution in [0, 0.1) is 0 Å². The first-order chi connectivity index (χ1) is 13.8. The fraction of sp³-hybridized carbons (Fsp3) is 0. The highest BCUT2D eigenvalue weighted by molar-refractivity contribution is 5.99. The molecule has 4 rings (SSSR count). The molecule has 29 heavy (non-hydrogen) atoms. The SMILES string of the molecule is O=c1cc(-c2cc(O)c(O)c(O)c2)oc2c(-c3ccc(O)cc3)c(O)cc(O)c12. The Balaban J connectivity index is 2.08. The Morgan fingerprint density at radius 2 is 1.28 bits per heavy atom. The van der Waals surface area contributed by atoms with Crippen molar-refractivity contribution in [3.05, 3.63) is 58.8 Å². The van der Waals surface area contributed by atoms with Crippen molar-refractivity contribution in [3.8, 4) is 56.9 Å². The lowest BCUT2D eigenvalue weighted by molar-refractivity contribution is 0.368. The Bertz CT molecular complexity index is 1300. The molecule has 0 aliphatic carbocycles. The molecule has 0 bridgehead atoms. The molecule has 0 fully saturated rings. The molecule has 0 aliphatic heterocycles. The minimum atomic E-state index is -0.725. The Hall–Kier alpha value is -4.33. The van der Waals surface area contributed by atoms with Crippen molar-refractivity contribution in [2.24, 2.45) is 0 Å². The van der Waals surface area contributed by atoms with Gasteiger partial charge in [0.05, 0.1) is 5.56 Å². The molecule has 3 aromatic carbocycles. The van der Waals surface area contributed by atoms with Gasteiger partial charge in [-0.1, -0.05) is 12.1 Å². The van der Waals surface area contributed by atoms with E-state index in [0.29, 0.717) is 5.56 Å². The number of rotatable bonds is 2. The molecule has 0 saturated heterocycles. The molecular weight excluding hydrogens is 380 g/mol. The zero-order valence-electron chi connectivity index (χ0n) is 14.6. The smallest absolute Gasteiger partial charge is 0.200 e. The zero-order valence-corrected chi connectivity index (χ0v) is 14.6. The molecule has 6 N–H and O–H groups in total. The number of hydrogen-bond donors (Lipinski definition) is 6. The fourth-order valence-corrected chi connectivity index (χ4v) is 3.10. The highest BCUT2D eigenvalue weighted by atomic mass is 16.3. The maximum atomic E-state index is 12.7. The quantitative estimate of drug-likeness (QED) is 0.283. The van der Waals surface area contributed by atoms with Gasteiger partial charge in [-0.05, 0) is 29.8 Å². The van der Waals surface area contributed by atoms with Crippen LogP contribution < -0.4 is 5.43 Å². The highest BCUT2D eigenvalue weighted by Crippen LogP contribution is 2.43. The van der Waals surface area contributed by atoms with Crippen LogP contribution in [0.3, 0.4) is 0 Å². The number of aromatic hydroxyl groups is 6. The molecule has 0 radical (unpaired) electrons. The molecule has 0 unspecified atom stereocenters. The average molecular weight is 394 g/mol. The van der Waals surface area contributed by atoms with Crippen molar-refractivity contribution < 1.29 is 35.1 Å². The predicted octanol–water partition coefficient (Wildman–Crippen LogP) is 3.36. The zero-order chi connectivity index (χ0) is 20.9. The normalized spacial score (nSPS) is 11.0. The molecule has 0 spiro atoms. The van der Waals surface area contributed by atoms with E-state index in [2.05, 4.69) is 0 Å². The maximum absolute atomic E-state index is 12.7. The molecule has 1 heterocycles.